The van der Waals surface area contributed by atoms with Crippen LogP contribution in [0.4, 0.5) is 0 Å². The fraction of sp³-hybridized carbons (Fsp3) is 0.318. The van der Waals surface area contributed by atoms with Crippen LogP contribution in [0.3, 0.4) is 0 Å². The molecule has 2 N–H and O–H groups in total. The average molecular weight is 390 g/mol. The number of nitrogens with zero attached hydrogens (tertiary/aromatic N) is 4. The van der Waals surface area contributed by atoms with Gasteiger partial charge < -0.3 is 10.6 Å². The van der Waals surface area contributed by atoms with E-state index in [1.165, 1.54) is 0 Å². The third-order valence-electron chi connectivity index (χ3n) is 5.26. The van der Waals surface area contributed by atoms with Crippen LogP contribution in [-0.2, 0) is 17.9 Å². The Bertz CT molecular complexity index is 912. The highest BCUT2D eigenvalue weighted by Crippen LogP contribution is 2.20. The smallest absolute Gasteiger partial charge is 0.234 e. The van der Waals surface area contributed by atoms with E-state index in [0.29, 0.717) is 19.6 Å². The summed E-state index contributed by atoms with van der Waals surface area (Å²) in [6.45, 7) is 4.13. The molecule has 29 heavy (non-hydrogen) atoms. The molecule has 1 unspecified atom stereocenters. The normalized spacial score (nSPS) is 17.2. The first-order valence-corrected chi connectivity index (χ1v) is 9.95. The molecule has 1 amide bonds. The molecule has 2 aromatic heterocycles. The van der Waals surface area contributed by atoms with Crippen LogP contribution in [0.15, 0.2) is 67.3 Å². The van der Waals surface area contributed by atoms with Gasteiger partial charge in [0.2, 0.25) is 5.91 Å². The van der Waals surface area contributed by atoms with E-state index in [2.05, 4.69) is 43.8 Å². The van der Waals surface area contributed by atoms with Crippen molar-refractivity contribution in [3.05, 3.63) is 83.9 Å². The van der Waals surface area contributed by atoms with Crippen molar-refractivity contribution in [1.82, 2.24) is 30.3 Å². The number of hydrogen-bond donors (Lipinski definition) is 2. The molecule has 1 aromatic carbocycles. The van der Waals surface area contributed by atoms with E-state index in [0.717, 1.165) is 36.3 Å². The van der Waals surface area contributed by atoms with Gasteiger partial charge >= 0.3 is 0 Å². The molecule has 1 atom stereocenters. The second-order valence-corrected chi connectivity index (χ2v) is 7.23. The summed E-state index contributed by atoms with van der Waals surface area (Å²) >= 11 is 0. The molecule has 3 heterocycles. The van der Waals surface area contributed by atoms with E-state index in [1.54, 1.807) is 12.4 Å². The summed E-state index contributed by atoms with van der Waals surface area (Å²) in [4.78, 5) is 19.1. The minimum absolute atomic E-state index is 0.0367. The minimum atomic E-state index is 0.0367. The van der Waals surface area contributed by atoms with Crippen LogP contribution in [0.2, 0.25) is 0 Å². The van der Waals surface area contributed by atoms with E-state index < -0.39 is 0 Å². The second-order valence-electron chi connectivity index (χ2n) is 7.23. The van der Waals surface area contributed by atoms with Crippen LogP contribution in [0, 0.1) is 0 Å². The molecule has 1 fully saturated rings. The lowest BCUT2D eigenvalue weighted by Crippen LogP contribution is -2.49. The Kier molecular flexibility index (Phi) is 6.29. The molecule has 150 valence electrons. The molecule has 1 aliphatic rings. The van der Waals surface area contributed by atoms with Crippen molar-refractivity contribution in [2.75, 3.05) is 26.2 Å². The molecular weight excluding hydrogens is 364 g/mol. The third kappa shape index (κ3) is 5.07. The number of benzene rings is 1. The summed E-state index contributed by atoms with van der Waals surface area (Å²) in [5.41, 5.74) is 3.41. The van der Waals surface area contributed by atoms with Crippen molar-refractivity contribution in [3.8, 4) is 0 Å². The Hall–Kier alpha value is -3.03. The van der Waals surface area contributed by atoms with Gasteiger partial charge in [-0.05, 0) is 28.8 Å². The van der Waals surface area contributed by atoms with Crippen LogP contribution in [-0.4, -0.2) is 51.8 Å². The van der Waals surface area contributed by atoms with Gasteiger partial charge in [0.15, 0.2) is 0 Å². The van der Waals surface area contributed by atoms with Gasteiger partial charge in [-0.2, -0.15) is 5.10 Å². The number of amides is 1. The van der Waals surface area contributed by atoms with Crippen LogP contribution < -0.4 is 10.6 Å². The molecule has 3 aromatic rings. The molecule has 0 radical (unpaired) electrons. The van der Waals surface area contributed by atoms with Crippen LogP contribution >= 0.6 is 0 Å². The first kappa shape index (κ1) is 19.3. The Balaban J connectivity index is 1.36. The summed E-state index contributed by atoms with van der Waals surface area (Å²) < 4.78 is 1.89. The molecule has 1 aliphatic heterocycles. The number of carbonyl (C=O) groups is 1. The van der Waals surface area contributed by atoms with Gasteiger partial charge in [0.25, 0.3) is 0 Å². The van der Waals surface area contributed by atoms with Crippen molar-refractivity contribution in [3.63, 3.8) is 0 Å². The first-order valence-electron chi connectivity index (χ1n) is 9.95. The number of hydrogen-bond acceptors (Lipinski definition) is 5. The molecular formula is C22H26N6O. The predicted octanol–water partition coefficient (Wildman–Crippen LogP) is 1.59. The highest BCUT2D eigenvalue weighted by Gasteiger charge is 2.25. The van der Waals surface area contributed by atoms with Gasteiger partial charge in [0, 0.05) is 57.0 Å². The Morgan fingerprint density at radius 1 is 1.14 bits per heavy atom. The summed E-state index contributed by atoms with van der Waals surface area (Å²) in [7, 11) is 0. The molecule has 0 spiro atoms. The second kappa shape index (κ2) is 9.45. The topological polar surface area (TPSA) is 75.1 Å². The van der Waals surface area contributed by atoms with E-state index in [1.807, 2.05) is 41.3 Å². The number of carbonyl (C=O) groups excluding carboxylic acids is 1. The average Bonchev–Trinajstić information content (AvgIpc) is 3.27. The maximum absolute atomic E-state index is 12.7. The minimum Gasteiger partial charge on any atom is -0.351 e. The van der Waals surface area contributed by atoms with Gasteiger partial charge in [-0.15, -0.1) is 0 Å². The molecule has 7 nitrogen and oxygen atoms in total. The SMILES string of the molecule is O=C(CN1CCNCC1c1cccnc1)NCc1ccccc1Cn1cccn1. The maximum Gasteiger partial charge on any atom is 0.234 e. The van der Waals surface area contributed by atoms with Crippen LogP contribution in [0.5, 0.6) is 0 Å². The van der Waals surface area contributed by atoms with Crippen molar-refractivity contribution in [2.45, 2.75) is 19.1 Å². The third-order valence-corrected chi connectivity index (χ3v) is 5.26. The zero-order valence-corrected chi connectivity index (χ0v) is 16.4. The van der Waals surface area contributed by atoms with Crippen molar-refractivity contribution in [1.29, 1.82) is 0 Å². The fourth-order valence-electron chi connectivity index (χ4n) is 3.72. The zero-order valence-electron chi connectivity index (χ0n) is 16.4. The van der Waals surface area contributed by atoms with E-state index in [-0.39, 0.29) is 11.9 Å². The van der Waals surface area contributed by atoms with Crippen LogP contribution in [0.1, 0.15) is 22.7 Å². The molecule has 0 bridgehead atoms. The van der Waals surface area contributed by atoms with Crippen LogP contribution in [0.25, 0.3) is 0 Å². The van der Waals surface area contributed by atoms with E-state index in [4.69, 9.17) is 0 Å². The van der Waals surface area contributed by atoms with E-state index in [9.17, 15) is 4.79 Å². The number of pyridine rings is 1. The van der Waals surface area contributed by atoms with Gasteiger partial charge in [-0.25, -0.2) is 0 Å². The quantitative estimate of drug-likeness (QED) is 0.641. The summed E-state index contributed by atoms with van der Waals surface area (Å²) in [6.07, 6.45) is 7.38. The number of piperazine rings is 1. The predicted molar refractivity (Wildman–Crippen MR) is 111 cm³/mol. The number of nitrogens with one attached hydrogen (secondary N) is 2. The lowest BCUT2D eigenvalue weighted by atomic mass is 10.1. The maximum atomic E-state index is 12.7. The summed E-state index contributed by atoms with van der Waals surface area (Å²) in [5.74, 6) is 0.0367. The highest BCUT2D eigenvalue weighted by atomic mass is 16.2. The Morgan fingerprint density at radius 3 is 2.83 bits per heavy atom. The zero-order chi connectivity index (χ0) is 19.9. The van der Waals surface area contributed by atoms with E-state index >= 15 is 0 Å². The van der Waals surface area contributed by atoms with Gasteiger partial charge in [0.05, 0.1) is 13.1 Å². The van der Waals surface area contributed by atoms with Crippen molar-refractivity contribution < 1.29 is 4.79 Å². The number of aromatic nitrogens is 3. The summed E-state index contributed by atoms with van der Waals surface area (Å²) in [5, 5.41) is 10.8. The highest BCUT2D eigenvalue weighted by molar-refractivity contribution is 5.78. The Morgan fingerprint density at radius 2 is 2.03 bits per heavy atom. The fourth-order valence-corrected chi connectivity index (χ4v) is 3.72. The monoisotopic (exact) mass is 390 g/mol. The molecule has 0 aliphatic carbocycles. The molecule has 0 saturated carbocycles. The molecule has 1 saturated heterocycles. The van der Waals surface area contributed by atoms with Gasteiger partial charge in [0.1, 0.15) is 0 Å². The van der Waals surface area contributed by atoms with Crippen molar-refractivity contribution in [2.24, 2.45) is 0 Å². The lowest BCUT2D eigenvalue weighted by molar-refractivity contribution is -0.123. The lowest BCUT2D eigenvalue weighted by Gasteiger charge is -2.35. The van der Waals surface area contributed by atoms with Gasteiger partial charge in [-0.3, -0.25) is 19.4 Å². The largest absolute Gasteiger partial charge is 0.351 e. The first-order chi connectivity index (χ1) is 14.3. The standard InChI is InChI=1S/C22H26N6O/c29-22(17-27-12-10-24-15-21(27)19-7-3-8-23-13-19)25-14-18-5-1-2-6-20(18)16-28-11-4-9-26-28/h1-9,11,13,21,24H,10,12,14-17H2,(H,25,29). The summed E-state index contributed by atoms with van der Waals surface area (Å²) in [6, 6.07) is 14.2. The van der Waals surface area contributed by atoms with Gasteiger partial charge in [-0.1, -0.05) is 30.3 Å². The molecule has 4 rings (SSSR count). The molecule has 7 heteroatoms. The number of rotatable bonds is 7. The Labute approximate surface area is 170 Å². The van der Waals surface area contributed by atoms with Crippen molar-refractivity contribution >= 4 is 5.91 Å².